The lowest BCUT2D eigenvalue weighted by atomic mass is 10.2. The van der Waals surface area contributed by atoms with Gasteiger partial charge in [-0.05, 0) is 57.0 Å². The fourth-order valence-corrected chi connectivity index (χ4v) is 5.13. The third kappa shape index (κ3) is 3.32. The van der Waals surface area contributed by atoms with E-state index in [0.29, 0.717) is 10.4 Å². The van der Waals surface area contributed by atoms with Crippen molar-refractivity contribution < 1.29 is 12.8 Å². The smallest absolute Gasteiger partial charge is 0.263 e. The van der Waals surface area contributed by atoms with Gasteiger partial charge < -0.3 is 0 Å². The molecule has 0 saturated heterocycles. The largest absolute Gasteiger partial charge is 0.282 e. The summed E-state index contributed by atoms with van der Waals surface area (Å²) in [4.78, 5) is 1.60. The van der Waals surface area contributed by atoms with Gasteiger partial charge in [-0.1, -0.05) is 6.07 Å². The van der Waals surface area contributed by atoms with Gasteiger partial charge in [0.25, 0.3) is 10.0 Å². The van der Waals surface area contributed by atoms with Crippen LogP contribution in [0.15, 0.2) is 29.2 Å². The monoisotopic (exact) mass is 379 g/mol. The molecule has 0 saturated carbocycles. The van der Waals surface area contributed by atoms with Crippen LogP contribution < -0.4 is 4.72 Å². The molecule has 0 radical (unpaired) electrons. The summed E-state index contributed by atoms with van der Waals surface area (Å²) in [7, 11) is -3.81. The van der Waals surface area contributed by atoms with Crippen molar-refractivity contribution in [3.05, 3.63) is 51.8 Å². The minimum absolute atomic E-state index is 0.175. The molecule has 1 aromatic carbocycles. The van der Waals surface area contributed by atoms with E-state index in [1.807, 2.05) is 13.8 Å². The molecule has 0 aliphatic rings. The van der Waals surface area contributed by atoms with Gasteiger partial charge in [0.1, 0.15) is 16.4 Å². The topological polar surface area (TPSA) is 74.8 Å². The van der Waals surface area contributed by atoms with E-state index in [2.05, 4.69) is 14.9 Å². The Balaban J connectivity index is 1.97. The summed E-state index contributed by atoms with van der Waals surface area (Å²) >= 11 is 1.36. The number of benzene rings is 1. The Hall–Kier alpha value is -2.19. The number of nitrogens with zero attached hydrogens (tertiary/aromatic N) is 1. The van der Waals surface area contributed by atoms with Crippen LogP contribution in [0.3, 0.4) is 0 Å². The van der Waals surface area contributed by atoms with E-state index in [9.17, 15) is 12.8 Å². The molecule has 0 aliphatic heterocycles. The molecule has 2 N–H and O–H groups in total. The molecule has 2 heterocycles. The lowest BCUT2D eigenvalue weighted by molar-refractivity contribution is 0.601. The molecular weight excluding hydrogens is 361 g/mol. The third-order valence-corrected chi connectivity index (χ3v) is 6.77. The Kier molecular flexibility index (Phi) is 4.42. The Morgan fingerprint density at radius 2 is 1.88 bits per heavy atom. The zero-order chi connectivity index (χ0) is 18.4. The molecule has 0 spiro atoms. The predicted molar refractivity (Wildman–Crippen MR) is 98.1 cm³/mol. The van der Waals surface area contributed by atoms with Gasteiger partial charge in [0.15, 0.2) is 0 Å². The lowest BCUT2D eigenvalue weighted by Crippen LogP contribution is -2.13. The van der Waals surface area contributed by atoms with Crippen LogP contribution in [-0.4, -0.2) is 18.6 Å². The molecule has 0 bridgehead atoms. The van der Waals surface area contributed by atoms with Gasteiger partial charge >= 0.3 is 0 Å². The number of thiophene rings is 1. The van der Waals surface area contributed by atoms with Crippen molar-refractivity contribution >= 4 is 27.0 Å². The van der Waals surface area contributed by atoms with E-state index >= 15 is 0 Å². The minimum Gasteiger partial charge on any atom is -0.282 e. The molecule has 132 valence electrons. The summed E-state index contributed by atoms with van der Waals surface area (Å²) in [5.41, 5.74) is 3.33. The molecule has 0 atom stereocenters. The van der Waals surface area contributed by atoms with Gasteiger partial charge in [-0.2, -0.15) is 5.10 Å². The Morgan fingerprint density at radius 1 is 1.16 bits per heavy atom. The van der Waals surface area contributed by atoms with Crippen LogP contribution in [0.4, 0.5) is 10.1 Å². The molecular formula is C17H18FN3O2S2. The van der Waals surface area contributed by atoms with E-state index in [1.54, 1.807) is 26.0 Å². The maximum Gasteiger partial charge on any atom is 0.263 e. The van der Waals surface area contributed by atoms with Crippen LogP contribution >= 0.6 is 11.3 Å². The fourth-order valence-electron chi connectivity index (χ4n) is 2.44. The van der Waals surface area contributed by atoms with E-state index in [0.717, 1.165) is 21.8 Å². The van der Waals surface area contributed by atoms with E-state index in [1.165, 1.54) is 23.5 Å². The van der Waals surface area contributed by atoms with E-state index in [-0.39, 0.29) is 10.6 Å². The molecule has 0 unspecified atom stereocenters. The zero-order valence-corrected chi connectivity index (χ0v) is 15.9. The molecule has 0 fully saturated rings. The van der Waals surface area contributed by atoms with Crippen LogP contribution in [0, 0.1) is 33.5 Å². The summed E-state index contributed by atoms with van der Waals surface area (Å²) in [6.45, 7) is 7.21. The van der Waals surface area contributed by atoms with Gasteiger partial charge in [0.05, 0.1) is 10.6 Å². The summed E-state index contributed by atoms with van der Waals surface area (Å²) in [6.07, 6.45) is 0. The second kappa shape index (κ2) is 6.27. The number of sulfonamides is 1. The summed E-state index contributed by atoms with van der Waals surface area (Å²) in [6, 6.07) is 5.86. The number of anilines is 1. The number of aromatic nitrogens is 2. The number of halogens is 1. The summed E-state index contributed by atoms with van der Waals surface area (Å²) in [5.74, 6) is -0.453. The second-order valence-electron chi connectivity index (χ2n) is 5.92. The fraction of sp³-hybridized carbons (Fsp3) is 0.235. The molecule has 3 rings (SSSR count). The first kappa shape index (κ1) is 17.6. The number of H-pyrrole nitrogens is 1. The highest BCUT2D eigenvalue weighted by Gasteiger charge is 2.22. The number of aromatic amines is 1. The van der Waals surface area contributed by atoms with Crippen molar-refractivity contribution in [3.63, 3.8) is 0 Å². The standard InChI is InChI=1S/C17H18FN3O2S2/c1-9-5-6-13(7-14(9)18)21-25(22,23)16-8-15(24-12(16)4)17-10(2)11(3)19-20-17/h5-8,21H,1-4H3,(H,19,20). The van der Waals surface area contributed by atoms with Crippen molar-refractivity contribution in [2.24, 2.45) is 0 Å². The predicted octanol–water partition coefficient (Wildman–Crippen LogP) is 4.31. The molecule has 2 aromatic heterocycles. The quantitative estimate of drug-likeness (QED) is 0.709. The molecule has 5 nitrogen and oxygen atoms in total. The van der Waals surface area contributed by atoms with Crippen molar-refractivity contribution in [1.82, 2.24) is 10.2 Å². The molecule has 0 aliphatic carbocycles. The van der Waals surface area contributed by atoms with Crippen molar-refractivity contribution in [2.45, 2.75) is 32.6 Å². The van der Waals surface area contributed by atoms with Crippen LogP contribution in [-0.2, 0) is 10.0 Å². The zero-order valence-electron chi connectivity index (χ0n) is 14.3. The van der Waals surface area contributed by atoms with Crippen molar-refractivity contribution in [3.8, 4) is 10.6 Å². The van der Waals surface area contributed by atoms with E-state index < -0.39 is 15.8 Å². The Morgan fingerprint density at radius 3 is 2.48 bits per heavy atom. The van der Waals surface area contributed by atoms with Crippen LogP contribution in [0.2, 0.25) is 0 Å². The Labute approximate surface area is 150 Å². The van der Waals surface area contributed by atoms with Crippen LogP contribution in [0.5, 0.6) is 0 Å². The first-order valence-corrected chi connectivity index (χ1v) is 9.90. The molecule has 8 heteroatoms. The van der Waals surface area contributed by atoms with Crippen molar-refractivity contribution in [2.75, 3.05) is 4.72 Å². The van der Waals surface area contributed by atoms with Gasteiger partial charge in [-0.15, -0.1) is 11.3 Å². The number of nitrogens with one attached hydrogen (secondary N) is 2. The Bertz CT molecular complexity index is 1050. The normalized spacial score (nSPS) is 11.7. The molecule has 0 amide bonds. The highest BCUT2D eigenvalue weighted by molar-refractivity contribution is 7.93. The minimum atomic E-state index is -3.81. The highest BCUT2D eigenvalue weighted by atomic mass is 32.2. The number of rotatable bonds is 4. The summed E-state index contributed by atoms with van der Waals surface area (Å²) in [5, 5.41) is 7.15. The van der Waals surface area contributed by atoms with Gasteiger partial charge in [0.2, 0.25) is 0 Å². The van der Waals surface area contributed by atoms with Crippen molar-refractivity contribution in [1.29, 1.82) is 0 Å². The summed E-state index contributed by atoms with van der Waals surface area (Å²) < 4.78 is 41.5. The van der Waals surface area contributed by atoms with Crippen LogP contribution in [0.25, 0.3) is 10.6 Å². The van der Waals surface area contributed by atoms with Crippen LogP contribution in [0.1, 0.15) is 21.7 Å². The average molecular weight is 379 g/mol. The maximum atomic E-state index is 13.7. The second-order valence-corrected chi connectivity index (χ2v) is 8.83. The highest BCUT2D eigenvalue weighted by Crippen LogP contribution is 2.35. The molecule has 3 aromatic rings. The van der Waals surface area contributed by atoms with Gasteiger partial charge in [-0.3, -0.25) is 9.82 Å². The van der Waals surface area contributed by atoms with Gasteiger partial charge in [0, 0.05) is 10.6 Å². The van der Waals surface area contributed by atoms with Gasteiger partial charge in [-0.25, -0.2) is 12.8 Å². The lowest BCUT2D eigenvalue weighted by Gasteiger charge is -2.08. The number of aryl methyl sites for hydroxylation is 3. The van der Waals surface area contributed by atoms with E-state index in [4.69, 9.17) is 0 Å². The molecule has 25 heavy (non-hydrogen) atoms. The SMILES string of the molecule is Cc1ccc(NS(=O)(=O)c2cc(-c3n[nH]c(C)c3C)sc2C)cc1F. The third-order valence-electron chi connectivity index (χ3n) is 4.07. The average Bonchev–Trinajstić information content (AvgIpc) is 3.07. The first-order valence-electron chi connectivity index (χ1n) is 7.60. The number of hydrogen-bond donors (Lipinski definition) is 2. The number of hydrogen-bond acceptors (Lipinski definition) is 4. The first-order chi connectivity index (χ1) is 11.7. The maximum absolute atomic E-state index is 13.7.